The fourth-order valence-electron chi connectivity index (χ4n) is 6.57. The number of anilines is 1. The molecule has 0 atom stereocenters. The number of carboxylic acid groups (broad SMARTS) is 1. The molecule has 4 aromatic rings. The molecule has 7 rings (SSSR count). The highest BCUT2D eigenvalue weighted by Crippen LogP contribution is 2.49. The summed E-state index contributed by atoms with van der Waals surface area (Å²) in [6.45, 7) is 0.846. The molecule has 42 heavy (non-hydrogen) atoms. The van der Waals surface area contributed by atoms with Gasteiger partial charge in [0.05, 0.1) is 29.5 Å². The summed E-state index contributed by atoms with van der Waals surface area (Å²) in [5.41, 5.74) is 1.81. The Morgan fingerprint density at radius 3 is 2.48 bits per heavy atom. The first-order valence-corrected chi connectivity index (χ1v) is 13.9. The number of hydrogen-bond donors (Lipinski definition) is 2. The number of likely N-dealkylation sites (tertiary alicyclic amines) is 1. The van der Waals surface area contributed by atoms with Gasteiger partial charge in [-0.25, -0.2) is 9.78 Å². The maximum absolute atomic E-state index is 14.3. The lowest BCUT2D eigenvalue weighted by atomic mass is 9.74. The van der Waals surface area contributed by atoms with E-state index >= 15 is 0 Å². The maximum Gasteiger partial charge on any atom is 0.405 e. The van der Waals surface area contributed by atoms with Crippen LogP contribution in [0.5, 0.6) is 0 Å². The number of pyridine rings is 3. The van der Waals surface area contributed by atoms with Crippen molar-refractivity contribution < 1.29 is 23.9 Å². The number of carbonyl (C=O) groups is 3. The van der Waals surface area contributed by atoms with Crippen molar-refractivity contribution in [3.63, 3.8) is 0 Å². The number of nitrogens with one attached hydrogen (secondary N) is 1. The Morgan fingerprint density at radius 1 is 0.976 bits per heavy atom. The van der Waals surface area contributed by atoms with Crippen LogP contribution < -0.4 is 10.2 Å². The molecule has 212 valence electrons. The van der Waals surface area contributed by atoms with Gasteiger partial charge in [0.1, 0.15) is 5.54 Å². The van der Waals surface area contributed by atoms with Crippen molar-refractivity contribution in [2.45, 2.75) is 43.2 Å². The fourth-order valence-corrected chi connectivity index (χ4v) is 6.57. The van der Waals surface area contributed by atoms with Gasteiger partial charge in [-0.05, 0) is 54.8 Å². The predicted octanol–water partition coefficient (Wildman–Crippen LogP) is 4.04. The molecule has 10 nitrogen and oxygen atoms in total. The van der Waals surface area contributed by atoms with E-state index in [1.807, 2.05) is 30.3 Å². The summed E-state index contributed by atoms with van der Waals surface area (Å²) in [5.74, 6) is -0.892. The highest BCUT2D eigenvalue weighted by Gasteiger charge is 2.57. The number of benzene rings is 1. The van der Waals surface area contributed by atoms with Gasteiger partial charge in [0, 0.05) is 48.2 Å². The van der Waals surface area contributed by atoms with E-state index in [4.69, 9.17) is 4.98 Å². The lowest BCUT2D eigenvalue weighted by Crippen LogP contribution is -2.55. The first kappa shape index (κ1) is 26.0. The van der Waals surface area contributed by atoms with E-state index in [1.165, 1.54) is 12.3 Å². The average molecular weight is 567 g/mol. The molecule has 3 amide bonds. The number of carbonyl (C=O) groups excluding carboxylic acids is 2. The van der Waals surface area contributed by atoms with Crippen molar-refractivity contribution in [1.29, 1.82) is 0 Å². The number of halogens is 1. The molecule has 0 radical (unpaired) electrons. The summed E-state index contributed by atoms with van der Waals surface area (Å²) in [7, 11) is 0. The Bertz CT molecular complexity index is 1750. The summed E-state index contributed by atoms with van der Waals surface area (Å²) in [4.78, 5) is 55.1. The summed E-state index contributed by atoms with van der Waals surface area (Å²) >= 11 is 0. The molecule has 1 aromatic carbocycles. The van der Waals surface area contributed by atoms with Gasteiger partial charge in [-0.2, -0.15) is 4.39 Å². The quantitative estimate of drug-likeness (QED) is 0.349. The van der Waals surface area contributed by atoms with E-state index in [0.717, 1.165) is 21.9 Å². The molecule has 2 N–H and O–H groups in total. The number of hydrogen-bond acceptors (Lipinski definition) is 6. The number of aromatic nitrogens is 3. The van der Waals surface area contributed by atoms with Crippen molar-refractivity contribution in [2.24, 2.45) is 0 Å². The number of rotatable bonds is 5. The monoisotopic (exact) mass is 566 g/mol. The molecular weight excluding hydrogens is 539 g/mol. The van der Waals surface area contributed by atoms with Crippen LogP contribution in [0.15, 0.2) is 67.3 Å². The Hall–Kier alpha value is -4.93. The summed E-state index contributed by atoms with van der Waals surface area (Å²) in [6, 6.07) is 12.6. The highest BCUT2D eigenvalue weighted by atomic mass is 19.1. The molecular formula is C31H27FN6O4. The first-order valence-electron chi connectivity index (χ1n) is 13.9. The molecule has 0 unspecified atom stereocenters. The van der Waals surface area contributed by atoms with E-state index in [-0.39, 0.29) is 18.4 Å². The van der Waals surface area contributed by atoms with Gasteiger partial charge in [0.2, 0.25) is 17.8 Å². The summed E-state index contributed by atoms with van der Waals surface area (Å²) in [6.07, 6.45) is 7.18. The Labute approximate surface area is 240 Å². The van der Waals surface area contributed by atoms with Gasteiger partial charge in [-0.1, -0.05) is 24.3 Å². The number of fused-ring (bicyclic) bond motifs is 3. The minimum atomic E-state index is -1.21. The molecule has 0 bridgehead atoms. The van der Waals surface area contributed by atoms with Gasteiger partial charge in [0.25, 0.3) is 0 Å². The van der Waals surface area contributed by atoms with Gasteiger partial charge in [0.15, 0.2) is 0 Å². The van der Waals surface area contributed by atoms with Crippen LogP contribution in [0.2, 0.25) is 0 Å². The minimum absolute atomic E-state index is 0.0828. The fraction of sp³-hybridized carbons (Fsp3) is 0.290. The zero-order valence-electron chi connectivity index (χ0n) is 22.6. The number of nitrogens with zero attached hydrogens (tertiary/aromatic N) is 5. The van der Waals surface area contributed by atoms with Crippen LogP contribution in [-0.4, -0.2) is 61.5 Å². The van der Waals surface area contributed by atoms with Crippen molar-refractivity contribution >= 4 is 34.4 Å². The van der Waals surface area contributed by atoms with Crippen molar-refractivity contribution in [3.8, 4) is 11.1 Å². The van der Waals surface area contributed by atoms with Gasteiger partial charge >= 0.3 is 6.09 Å². The highest BCUT2D eigenvalue weighted by molar-refractivity contribution is 6.08. The van der Waals surface area contributed by atoms with Crippen LogP contribution in [0.25, 0.3) is 21.9 Å². The second-order valence-corrected chi connectivity index (χ2v) is 11.2. The molecule has 5 heterocycles. The topological polar surface area (TPSA) is 129 Å². The summed E-state index contributed by atoms with van der Waals surface area (Å²) < 4.78 is 13.7. The second-order valence-electron chi connectivity index (χ2n) is 11.2. The van der Waals surface area contributed by atoms with Crippen LogP contribution in [0.3, 0.4) is 0 Å². The van der Waals surface area contributed by atoms with E-state index in [2.05, 4.69) is 15.3 Å². The van der Waals surface area contributed by atoms with E-state index in [1.54, 1.807) is 34.5 Å². The molecule has 3 aliphatic rings. The minimum Gasteiger partial charge on any atom is -0.465 e. The maximum atomic E-state index is 14.3. The van der Waals surface area contributed by atoms with Gasteiger partial charge < -0.3 is 20.2 Å². The van der Waals surface area contributed by atoms with Crippen LogP contribution >= 0.6 is 0 Å². The third-order valence-electron chi connectivity index (χ3n) is 8.87. The number of amides is 3. The zero-order chi connectivity index (χ0) is 29.1. The normalized spacial score (nSPS) is 18.3. The Morgan fingerprint density at radius 2 is 1.76 bits per heavy atom. The number of piperidine rings is 1. The lowest BCUT2D eigenvalue weighted by molar-refractivity contribution is -0.138. The van der Waals surface area contributed by atoms with Crippen LogP contribution in [-0.2, 0) is 21.5 Å². The molecule has 1 aliphatic carbocycles. The van der Waals surface area contributed by atoms with Crippen LogP contribution in [0, 0.1) is 5.95 Å². The Kier molecular flexibility index (Phi) is 5.93. The molecule has 1 saturated carbocycles. The van der Waals surface area contributed by atoms with Crippen molar-refractivity contribution in [2.75, 3.05) is 18.0 Å². The van der Waals surface area contributed by atoms with E-state index in [9.17, 15) is 23.9 Å². The molecule has 3 aromatic heterocycles. The SMILES string of the molecule is O=C(O)NC1(C(=O)N2CCC3(CC2)C(=O)N(Cc2ncc4ccccc4c2-c2ccc(F)nc2)c2cnccc23)CC1. The molecule has 2 aliphatic heterocycles. The van der Waals surface area contributed by atoms with Crippen LogP contribution in [0.4, 0.5) is 14.9 Å². The van der Waals surface area contributed by atoms with Gasteiger partial charge in [-0.15, -0.1) is 0 Å². The molecule has 1 spiro atoms. The van der Waals surface area contributed by atoms with Gasteiger partial charge in [-0.3, -0.25) is 19.6 Å². The zero-order valence-corrected chi connectivity index (χ0v) is 22.6. The first-order chi connectivity index (χ1) is 20.3. The molecule has 2 fully saturated rings. The second kappa shape index (κ2) is 9.57. The average Bonchev–Trinajstić information content (AvgIpc) is 3.75. The van der Waals surface area contributed by atoms with Crippen molar-refractivity contribution in [3.05, 3.63) is 84.5 Å². The standard InChI is InChI=1S/C31H27FN6O4/c32-25-6-5-20(16-35-25)26-21-4-2-1-3-19(21)15-34-23(26)18-38-24-17-33-12-7-22(24)30(27(38)39)10-13-37(14-11-30)28(40)31(8-9-31)36-29(41)42/h1-7,12,15-17,36H,8-11,13-14,18H2,(H,41,42). The van der Waals surface area contributed by atoms with Crippen molar-refractivity contribution in [1.82, 2.24) is 25.2 Å². The smallest absolute Gasteiger partial charge is 0.405 e. The summed E-state index contributed by atoms with van der Waals surface area (Å²) in [5, 5.41) is 13.4. The molecule has 1 saturated heterocycles. The third kappa shape index (κ3) is 4.07. The predicted molar refractivity (Wildman–Crippen MR) is 151 cm³/mol. The molecule has 11 heteroatoms. The van der Waals surface area contributed by atoms with E-state index < -0.39 is 23.0 Å². The largest absolute Gasteiger partial charge is 0.465 e. The van der Waals surface area contributed by atoms with E-state index in [0.29, 0.717) is 55.7 Å². The van der Waals surface area contributed by atoms with Crippen LogP contribution in [0.1, 0.15) is 36.9 Å². The third-order valence-corrected chi connectivity index (χ3v) is 8.87. The Balaban J connectivity index is 1.22. The lowest BCUT2D eigenvalue weighted by Gasteiger charge is -2.39.